The molecule has 3 amide bonds. The van der Waals surface area contributed by atoms with Gasteiger partial charge < -0.3 is 9.42 Å². The second kappa shape index (κ2) is 7.42. The number of hydrogen-bond donors (Lipinski definition) is 1. The Morgan fingerprint density at radius 2 is 2.07 bits per heavy atom. The molecule has 138 valence electrons. The monoisotopic (exact) mass is 402 g/mol. The molecule has 0 spiro atoms. The van der Waals surface area contributed by atoms with Gasteiger partial charge in [-0.3, -0.25) is 15.0 Å². The van der Waals surface area contributed by atoms with Crippen LogP contribution in [0.2, 0.25) is 5.02 Å². The molecule has 0 radical (unpaired) electrons. The van der Waals surface area contributed by atoms with Gasteiger partial charge in [0.25, 0.3) is 0 Å². The van der Waals surface area contributed by atoms with Gasteiger partial charge >= 0.3 is 6.03 Å². The van der Waals surface area contributed by atoms with E-state index in [1.165, 1.54) is 16.2 Å². The van der Waals surface area contributed by atoms with Crippen LogP contribution in [0, 0.1) is 0 Å². The third kappa shape index (κ3) is 3.81. The number of benzene rings is 1. The van der Waals surface area contributed by atoms with E-state index in [0.29, 0.717) is 23.8 Å². The van der Waals surface area contributed by atoms with E-state index in [4.69, 9.17) is 16.1 Å². The quantitative estimate of drug-likeness (QED) is 0.701. The maximum Gasteiger partial charge on any atom is 0.325 e. The Bertz CT molecular complexity index is 955. The number of hydrogen-bond acceptors (Lipinski definition) is 5. The second-order valence-electron chi connectivity index (χ2n) is 5.93. The normalized spacial score (nSPS) is 14.0. The summed E-state index contributed by atoms with van der Waals surface area (Å²) >= 11 is 7.42. The van der Waals surface area contributed by atoms with Crippen molar-refractivity contribution in [3.05, 3.63) is 52.9 Å². The summed E-state index contributed by atoms with van der Waals surface area (Å²) in [5, 5.41) is 9.12. The summed E-state index contributed by atoms with van der Waals surface area (Å²) in [6, 6.07) is 12.3. The van der Waals surface area contributed by atoms with Gasteiger partial charge in [-0.05, 0) is 35.7 Å². The summed E-state index contributed by atoms with van der Waals surface area (Å²) in [6.07, 6.45) is 0. The molecule has 7 nitrogen and oxygen atoms in total. The number of halogens is 1. The Morgan fingerprint density at radius 3 is 2.81 bits per heavy atom. The molecule has 0 saturated carbocycles. The maximum absolute atomic E-state index is 12.5. The zero-order valence-corrected chi connectivity index (χ0v) is 15.7. The fourth-order valence-corrected chi connectivity index (χ4v) is 3.62. The minimum absolute atomic E-state index is 0.0576. The van der Waals surface area contributed by atoms with Crippen LogP contribution in [0.1, 0.15) is 0 Å². The molecule has 1 saturated heterocycles. The average Bonchev–Trinajstić information content (AvgIpc) is 3.38. The second-order valence-corrected chi connectivity index (χ2v) is 7.32. The molecule has 1 fully saturated rings. The number of aromatic nitrogens is 1. The van der Waals surface area contributed by atoms with Crippen LogP contribution in [-0.4, -0.2) is 41.6 Å². The van der Waals surface area contributed by atoms with Crippen molar-refractivity contribution in [1.82, 2.24) is 10.1 Å². The van der Waals surface area contributed by atoms with Crippen LogP contribution < -0.4 is 10.2 Å². The molecule has 1 N–H and O–H groups in total. The zero-order chi connectivity index (χ0) is 18.8. The van der Waals surface area contributed by atoms with Gasteiger partial charge in [0.05, 0.1) is 4.88 Å². The molecule has 1 aliphatic heterocycles. The Morgan fingerprint density at radius 1 is 1.26 bits per heavy atom. The highest BCUT2D eigenvalue weighted by molar-refractivity contribution is 7.13. The van der Waals surface area contributed by atoms with Crippen molar-refractivity contribution in [2.75, 3.05) is 29.9 Å². The average molecular weight is 403 g/mol. The van der Waals surface area contributed by atoms with Gasteiger partial charge in [0.1, 0.15) is 12.2 Å². The summed E-state index contributed by atoms with van der Waals surface area (Å²) in [5.74, 6) is -0.0835. The Hall–Kier alpha value is -2.84. The predicted octanol–water partition coefficient (Wildman–Crippen LogP) is 3.94. The first-order valence-electron chi connectivity index (χ1n) is 8.22. The summed E-state index contributed by atoms with van der Waals surface area (Å²) < 4.78 is 5.15. The molecule has 2 aromatic heterocycles. The van der Waals surface area contributed by atoms with Gasteiger partial charge in [0.2, 0.25) is 11.8 Å². The lowest BCUT2D eigenvalue weighted by atomic mass is 10.3. The van der Waals surface area contributed by atoms with E-state index in [2.05, 4.69) is 10.5 Å². The molecular weight excluding hydrogens is 388 g/mol. The van der Waals surface area contributed by atoms with Crippen molar-refractivity contribution in [3.63, 3.8) is 0 Å². The molecule has 3 heterocycles. The Labute approximate surface area is 164 Å². The molecule has 9 heteroatoms. The van der Waals surface area contributed by atoms with E-state index < -0.39 is 0 Å². The van der Waals surface area contributed by atoms with Crippen LogP contribution in [0.25, 0.3) is 10.6 Å². The van der Waals surface area contributed by atoms with Gasteiger partial charge in [0.15, 0.2) is 0 Å². The molecular formula is C18H15ClN4O3S. The fraction of sp³-hybridized carbons (Fsp3) is 0.167. The fourth-order valence-electron chi connectivity index (χ4n) is 2.81. The molecule has 3 aromatic rings. The number of urea groups is 1. The molecule has 0 unspecified atom stereocenters. The highest BCUT2D eigenvalue weighted by Crippen LogP contribution is 2.26. The van der Waals surface area contributed by atoms with Gasteiger partial charge in [-0.25, -0.2) is 4.79 Å². The highest BCUT2D eigenvalue weighted by Gasteiger charge is 2.31. The van der Waals surface area contributed by atoms with Crippen LogP contribution in [0.15, 0.2) is 52.4 Å². The molecule has 4 rings (SSSR count). The lowest BCUT2D eigenvalue weighted by Gasteiger charge is -2.18. The third-order valence-corrected chi connectivity index (χ3v) is 5.26. The van der Waals surface area contributed by atoms with Crippen LogP contribution in [0.5, 0.6) is 0 Å². The van der Waals surface area contributed by atoms with Gasteiger partial charge in [-0.1, -0.05) is 22.8 Å². The van der Waals surface area contributed by atoms with Crippen molar-refractivity contribution in [3.8, 4) is 10.6 Å². The van der Waals surface area contributed by atoms with E-state index in [1.54, 1.807) is 35.2 Å². The molecule has 1 aromatic carbocycles. The third-order valence-electron chi connectivity index (χ3n) is 4.11. The van der Waals surface area contributed by atoms with Crippen molar-refractivity contribution in [2.24, 2.45) is 0 Å². The smallest absolute Gasteiger partial charge is 0.325 e. The molecule has 0 bridgehead atoms. The predicted molar refractivity (Wildman–Crippen MR) is 104 cm³/mol. The van der Waals surface area contributed by atoms with Gasteiger partial charge in [0, 0.05) is 29.9 Å². The molecule has 0 atom stereocenters. The number of thiophene rings is 1. The van der Waals surface area contributed by atoms with E-state index >= 15 is 0 Å². The van der Waals surface area contributed by atoms with Crippen molar-refractivity contribution >= 4 is 46.4 Å². The Balaban J connectivity index is 1.36. The van der Waals surface area contributed by atoms with Crippen LogP contribution in [0.3, 0.4) is 0 Å². The first-order chi connectivity index (χ1) is 13.1. The minimum atomic E-state index is -0.338. The number of nitrogens with one attached hydrogen (secondary N) is 1. The minimum Gasteiger partial charge on any atom is -0.338 e. The number of nitrogens with zero attached hydrogens (tertiary/aromatic N) is 3. The summed E-state index contributed by atoms with van der Waals surface area (Å²) in [4.78, 5) is 28.9. The van der Waals surface area contributed by atoms with Gasteiger partial charge in [-0.2, -0.15) is 0 Å². The van der Waals surface area contributed by atoms with Crippen LogP contribution >= 0.6 is 22.9 Å². The summed E-state index contributed by atoms with van der Waals surface area (Å²) in [7, 11) is 0. The lowest BCUT2D eigenvalue weighted by Crippen LogP contribution is -2.37. The van der Waals surface area contributed by atoms with Crippen molar-refractivity contribution in [2.45, 2.75) is 0 Å². The van der Waals surface area contributed by atoms with Gasteiger partial charge in [-0.15, -0.1) is 11.3 Å². The number of carbonyl (C=O) groups excluding carboxylic acids is 2. The maximum atomic E-state index is 12.5. The first-order valence-corrected chi connectivity index (χ1v) is 9.48. The standard InChI is InChI=1S/C18H15ClN4O3S/c19-12-3-5-13(6-4-12)23-8-7-22(18(23)25)11-16(24)20-17-10-14(21-26-17)15-2-1-9-27-15/h1-6,9-10H,7-8,11H2,(H,20,24). The van der Waals surface area contributed by atoms with E-state index in [0.717, 1.165) is 10.6 Å². The lowest BCUT2D eigenvalue weighted by molar-refractivity contribution is -0.116. The van der Waals surface area contributed by atoms with E-state index in [1.807, 2.05) is 17.5 Å². The molecule has 0 aliphatic carbocycles. The topological polar surface area (TPSA) is 78.7 Å². The molecule has 27 heavy (non-hydrogen) atoms. The zero-order valence-electron chi connectivity index (χ0n) is 14.1. The summed E-state index contributed by atoms with van der Waals surface area (Å²) in [6.45, 7) is 0.919. The van der Waals surface area contributed by atoms with E-state index in [9.17, 15) is 9.59 Å². The highest BCUT2D eigenvalue weighted by atomic mass is 35.5. The van der Waals surface area contributed by atoms with E-state index in [-0.39, 0.29) is 24.4 Å². The number of carbonyl (C=O) groups is 2. The van der Waals surface area contributed by atoms with Crippen molar-refractivity contribution in [1.29, 1.82) is 0 Å². The number of amides is 3. The van der Waals surface area contributed by atoms with Crippen LogP contribution in [0.4, 0.5) is 16.4 Å². The largest absolute Gasteiger partial charge is 0.338 e. The summed E-state index contributed by atoms with van der Waals surface area (Å²) in [5.41, 5.74) is 1.41. The number of anilines is 2. The first kappa shape index (κ1) is 17.6. The number of rotatable bonds is 5. The van der Waals surface area contributed by atoms with Crippen LogP contribution in [-0.2, 0) is 4.79 Å². The molecule has 1 aliphatic rings. The SMILES string of the molecule is O=C(CN1CCN(c2ccc(Cl)cc2)C1=O)Nc1cc(-c2cccs2)no1. The Kier molecular flexibility index (Phi) is 4.83. The van der Waals surface area contributed by atoms with Crippen molar-refractivity contribution < 1.29 is 14.1 Å².